The highest BCUT2D eigenvalue weighted by molar-refractivity contribution is 7.88. The average molecular weight is 349 g/mol. The minimum atomic E-state index is -3.49. The van der Waals surface area contributed by atoms with Crippen molar-refractivity contribution in [1.82, 2.24) is 4.31 Å². The molecule has 0 amide bonds. The van der Waals surface area contributed by atoms with E-state index in [1.54, 1.807) is 45.5 Å². The SMILES string of the molecule is COc1cccc(CS(=O)(=O)N(C)[C@@H](C)c2ccccc2OC)c1. The van der Waals surface area contributed by atoms with Gasteiger partial charge in [-0.05, 0) is 30.7 Å². The van der Waals surface area contributed by atoms with Crippen molar-refractivity contribution in [1.29, 1.82) is 0 Å². The molecule has 0 radical (unpaired) electrons. The zero-order chi connectivity index (χ0) is 17.7. The number of para-hydroxylation sites is 1. The molecule has 0 heterocycles. The Morgan fingerprint density at radius 1 is 1.04 bits per heavy atom. The number of rotatable bonds is 7. The molecule has 130 valence electrons. The summed E-state index contributed by atoms with van der Waals surface area (Å²) in [5, 5.41) is 0. The summed E-state index contributed by atoms with van der Waals surface area (Å²) in [5.41, 5.74) is 1.52. The van der Waals surface area contributed by atoms with Crippen molar-refractivity contribution in [2.24, 2.45) is 0 Å². The zero-order valence-electron chi connectivity index (χ0n) is 14.4. The zero-order valence-corrected chi connectivity index (χ0v) is 15.2. The van der Waals surface area contributed by atoms with E-state index in [0.29, 0.717) is 17.1 Å². The monoisotopic (exact) mass is 349 g/mol. The summed E-state index contributed by atoms with van der Waals surface area (Å²) >= 11 is 0. The molecule has 0 aliphatic rings. The average Bonchev–Trinajstić information content (AvgIpc) is 2.60. The molecule has 0 bridgehead atoms. The third-order valence-electron chi connectivity index (χ3n) is 4.06. The Balaban J connectivity index is 2.24. The second kappa shape index (κ2) is 7.68. The summed E-state index contributed by atoms with van der Waals surface area (Å²) in [6.07, 6.45) is 0. The van der Waals surface area contributed by atoms with Crippen molar-refractivity contribution in [3.8, 4) is 11.5 Å². The largest absolute Gasteiger partial charge is 0.497 e. The number of sulfonamides is 1. The van der Waals surface area contributed by atoms with Gasteiger partial charge in [0.15, 0.2) is 0 Å². The first kappa shape index (κ1) is 18.3. The fourth-order valence-corrected chi connectivity index (χ4v) is 3.92. The van der Waals surface area contributed by atoms with Crippen LogP contribution in [0.5, 0.6) is 11.5 Å². The van der Waals surface area contributed by atoms with E-state index in [-0.39, 0.29) is 11.8 Å². The summed E-state index contributed by atoms with van der Waals surface area (Å²) in [6, 6.07) is 14.2. The van der Waals surface area contributed by atoms with E-state index < -0.39 is 10.0 Å². The van der Waals surface area contributed by atoms with Gasteiger partial charge >= 0.3 is 0 Å². The van der Waals surface area contributed by atoms with Gasteiger partial charge in [0.25, 0.3) is 0 Å². The van der Waals surface area contributed by atoms with Gasteiger partial charge in [0.05, 0.1) is 26.0 Å². The van der Waals surface area contributed by atoms with Crippen LogP contribution in [0.1, 0.15) is 24.1 Å². The molecule has 0 aliphatic carbocycles. The summed E-state index contributed by atoms with van der Waals surface area (Å²) in [6.45, 7) is 1.85. The molecule has 0 unspecified atom stereocenters. The Morgan fingerprint density at radius 3 is 2.42 bits per heavy atom. The van der Waals surface area contributed by atoms with Crippen molar-refractivity contribution in [3.63, 3.8) is 0 Å². The van der Waals surface area contributed by atoms with E-state index in [1.165, 1.54) is 4.31 Å². The molecule has 0 saturated heterocycles. The Labute approximate surface area is 143 Å². The predicted molar refractivity (Wildman–Crippen MR) is 94.8 cm³/mol. The molecular weight excluding hydrogens is 326 g/mol. The van der Waals surface area contributed by atoms with E-state index in [0.717, 1.165) is 5.56 Å². The number of methoxy groups -OCH3 is 2. The van der Waals surface area contributed by atoms with Crippen LogP contribution in [0.15, 0.2) is 48.5 Å². The van der Waals surface area contributed by atoms with Gasteiger partial charge in [-0.15, -0.1) is 0 Å². The van der Waals surface area contributed by atoms with Crippen LogP contribution >= 0.6 is 0 Å². The summed E-state index contributed by atoms with van der Waals surface area (Å²) in [7, 11) is 1.24. The van der Waals surface area contributed by atoms with Gasteiger partial charge in [0, 0.05) is 12.6 Å². The van der Waals surface area contributed by atoms with E-state index in [2.05, 4.69) is 0 Å². The number of benzene rings is 2. The van der Waals surface area contributed by atoms with Crippen molar-refractivity contribution >= 4 is 10.0 Å². The maximum Gasteiger partial charge on any atom is 0.218 e. The van der Waals surface area contributed by atoms with E-state index in [1.807, 2.05) is 31.2 Å². The molecule has 6 heteroatoms. The number of hydrogen-bond donors (Lipinski definition) is 0. The van der Waals surface area contributed by atoms with Crippen LogP contribution in [0.25, 0.3) is 0 Å². The molecule has 1 atom stereocenters. The molecular formula is C18H23NO4S. The Kier molecular flexibility index (Phi) is 5.85. The smallest absolute Gasteiger partial charge is 0.218 e. The lowest BCUT2D eigenvalue weighted by Gasteiger charge is -2.26. The van der Waals surface area contributed by atoms with E-state index in [9.17, 15) is 8.42 Å². The molecule has 24 heavy (non-hydrogen) atoms. The standard InChI is InChI=1S/C18H23NO4S/c1-14(17-10-5-6-11-18(17)23-4)19(2)24(20,21)13-15-8-7-9-16(12-15)22-3/h5-12,14H,13H2,1-4H3/t14-/m0/s1. The van der Waals surface area contributed by atoms with Gasteiger partial charge < -0.3 is 9.47 Å². The van der Waals surface area contributed by atoms with Crippen molar-refractivity contribution < 1.29 is 17.9 Å². The van der Waals surface area contributed by atoms with Crippen molar-refractivity contribution in [2.45, 2.75) is 18.7 Å². The first-order valence-electron chi connectivity index (χ1n) is 7.60. The first-order chi connectivity index (χ1) is 11.4. The van der Waals surface area contributed by atoms with E-state index >= 15 is 0 Å². The molecule has 0 N–H and O–H groups in total. The highest BCUT2D eigenvalue weighted by Crippen LogP contribution is 2.30. The molecule has 5 nitrogen and oxygen atoms in total. The quantitative estimate of drug-likeness (QED) is 0.770. The van der Waals surface area contributed by atoms with Crippen LogP contribution in [0.3, 0.4) is 0 Å². The second-order valence-corrected chi connectivity index (χ2v) is 7.57. The molecule has 2 aromatic rings. The third-order valence-corrected chi connectivity index (χ3v) is 5.95. The number of hydrogen-bond acceptors (Lipinski definition) is 4. The van der Waals surface area contributed by atoms with Crippen molar-refractivity contribution in [2.75, 3.05) is 21.3 Å². The molecule has 0 spiro atoms. The Morgan fingerprint density at radius 2 is 1.75 bits per heavy atom. The van der Waals surface area contributed by atoms with Crippen LogP contribution in [0.4, 0.5) is 0 Å². The van der Waals surface area contributed by atoms with Crippen LogP contribution in [-0.2, 0) is 15.8 Å². The number of ether oxygens (including phenoxy) is 2. The van der Waals surface area contributed by atoms with Gasteiger partial charge in [-0.1, -0.05) is 30.3 Å². The van der Waals surface area contributed by atoms with Crippen LogP contribution in [-0.4, -0.2) is 34.0 Å². The minimum Gasteiger partial charge on any atom is -0.497 e. The molecule has 2 rings (SSSR count). The fourth-order valence-electron chi connectivity index (χ4n) is 2.52. The molecule has 0 fully saturated rings. The van der Waals surface area contributed by atoms with Gasteiger partial charge in [0.2, 0.25) is 10.0 Å². The second-order valence-electron chi connectivity index (χ2n) is 5.54. The topological polar surface area (TPSA) is 55.8 Å². The Hall–Kier alpha value is -2.05. The Bertz CT molecular complexity index is 789. The molecule has 0 saturated carbocycles. The van der Waals surface area contributed by atoms with Gasteiger partial charge in [-0.2, -0.15) is 4.31 Å². The maximum atomic E-state index is 12.8. The minimum absolute atomic E-state index is 0.0831. The van der Waals surface area contributed by atoms with Gasteiger partial charge in [-0.25, -0.2) is 8.42 Å². The highest BCUT2D eigenvalue weighted by Gasteiger charge is 2.26. The predicted octanol–water partition coefficient (Wildman–Crippen LogP) is 3.23. The lowest BCUT2D eigenvalue weighted by Crippen LogP contribution is -2.31. The lowest BCUT2D eigenvalue weighted by atomic mass is 10.1. The summed E-state index contributed by atoms with van der Waals surface area (Å²) in [5.74, 6) is 1.23. The normalized spacial score (nSPS) is 12.9. The van der Waals surface area contributed by atoms with Crippen LogP contribution in [0, 0.1) is 0 Å². The fraction of sp³-hybridized carbons (Fsp3) is 0.333. The number of nitrogens with zero attached hydrogens (tertiary/aromatic N) is 1. The maximum absolute atomic E-state index is 12.8. The highest BCUT2D eigenvalue weighted by atomic mass is 32.2. The molecule has 2 aromatic carbocycles. The van der Waals surface area contributed by atoms with Crippen LogP contribution in [0.2, 0.25) is 0 Å². The lowest BCUT2D eigenvalue weighted by molar-refractivity contribution is 0.367. The van der Waals surface area contributed by atoms with Gasteiger partial charge in [-0.3, -0.25) is 0 Å². The molecule has 0 aliphatic heterocycles. The first-order valence-corrected chi connectivity index (χ1v) is 9.21. The summed E-state index contributed by atoms with van der Waals surface area (Å²) in [4.78, 5) is 0. The third kappa shape index (κ3) is 4.07. The summed E-state index contributed by atoms with van der Waals surface area (Å²) < 4.78 is 37.4. The van der Waals surface area contributed by atoms with Crippen molar-refractivity contribution in [3.05, 3.63) is 59.7 Å². The molecule has 0 aromatic heterocycles. The van der Waals surface area contributed by atoms with E-state index in [4.69, 9.17) is 9.47 Å². The van der Waals surface area contributed by atoms with Crippen LogP contribution < -0.4 is 9.47 Å². The van der Waals surface area contributed by atoms with Gasteiger partial charge in [0.1, 0.15) is 11.5 Å².